The van der Waals surface area contributed by atoms with Crippen LogP contribution in [0.2, 0.25) is 0 Å². The Morgan fingerprint density at radius 1 is 1.37 bits per heavy atom. The van der Waals surface area contributed by atoms with E-state index in [1.165, 1.54) is 12.0 Å². The monoisotopic (exact) mass is 277 g/mol. The fraction of sp³-hybridized carbons (Fsp3) is 0.600. The highest BCUT2D eigenvalue weighted by atomic mass is 32.2. The third-order valence-corrected chi connectivity index (χ3v) is 4.12. The minimum absolute atomic E-state index is 0.378. The number of hydrogen-bond donors (Lipinski definition) is 1. The fourth-order valence-corrected chi connectivity index (χ4v) is 3.44. The number of aryl methyl sites for hydroxylation is 1. The molecule has 2 rings (SSSR count). The van der Waals surface area contributed by atoms with Crippen LogP contribution in [-0.2, 0) is 6.54 Å². The highest BCUT2D eigenvalue weighted by Crippen LogP contribution is 2.31. The number of nitrogens with zero attached hydrogens (tertiary/aromatic N) is 2. The molecular formula is C15H23N3S. The van der Waals surface area contributed by atoms with Crippen LogP contribution in [0.1, 0.15) is 38.4 Å². The van der Waals surface area contributed by atoms with E-state index < -0.39 is 0 Å². The number of thioether (sulfide) groups is 1. The van der Waals surface area contributed by atoms with E-state index in [0.717, 1.165) is 24.0 Å². The average Bonchev–Trinajstić information content (AvgIpc) is 2.73. The molecule has 4 heteroatoms. The Morgan fingerprint density at radius 2 is 2.16 bits per heavy atom. The maximum Gasteiger partial charge on any atom is 0.157 e. The van der Waals surface area contributed by atoms with Crippen molar-refractivity contribution in [2.24, 2.45) is 10.4 Å². The van der Waals surface area contributed by atoms with Crippen LogP contribution in [0.5, 0.6) is 0 Å². The first-order chi connectivity index (χ1) is 8.92. The summed E-state index contributed by atoms with van der Waals surface area (Å²) in [6.45, 7) is 10.6. The SMILES string of the molecule is Cc1ccc(CNC2=NCC(CC(C)(C)C)S2)cn1. The molecular weight excluding hydrogens is 254 g/mol. The summed E-state index contributed by atoms with van der Waals surface area (Å²) >= 11 is 1.88. The fourth-order valence-electron chi connectivity index (χ4n) is 2.08. The third-order valence-electron chi connectivity index (χ3n) is 2.97. The minimum Gasteiger partial charge on any atom is -0.361 e. The summed E-state index contributed by atoms with van der Waals surface area (Å²) < 4.78 is 0. The van der Waals surface area contributed by atoms with Crippen molar-refractivity contribution >= 4 is 16.9 Å². The third kappa shape index (κ3) is 4.86. The van der Waals surface area contributed by atoms with E-state index in [-0.39, 0.29) is 0 Å². The van der Waals surface area contributed by atoms with E-state index in [1.54, 1.807) is 0 Å². The zero-order valence-corrected chi connectivity index (χ0v) is 13.0. The van der Waals surface area contributed by atoms with E-state index in [0.29, 0.717) is 10.7 Å². The molecule has 0 bridgehead atoms. The van der Waals surface area contributed by atoms with Crippen LogP contribution >= 0.6 is 11.8 Å². The molecule has 1 aliphatic heterocycles. The van der Waals surface area contributed by atoms with Gasteiger partial charge in [-0.2, -0.15) is 0 Å². The van der Waals surface area contributed by atoms with Crippen LogP contribution < -0.4 is 5.32 Å². The van der Waals surface area contributed by atoms with Gasteiger partial charge < -0.3 is 5.32 Å². The number of aliphatic imine (C=N–C) groups is 1. The van der Waals surface area contributed by atoms with Crippen molar-refractivity contribution < 1.29 is 0 Å². The molecule has 1 aromatic rings. The maximum atomic E-state index is 4.58. The van der Waals surface area contributed by atoms with Gasteiger partial charge in [-0.1, -0.05) is 38.6 Å². The zero-order valence-electron chi connectivity index (χ0n) is 12.2. The molecule has 0 saturated carbocycles. The second-order valence-corrected chi connectivity index (χ2v) is 7.60. The number of aromatic nitrogens is 1. The zero-order chi connectivity index (χ0) is 13.9. The van der Waals surface area contributed by atoms with Gasteiger partial charge in [0.25, 0.3) is 0 Å². The molecule has 1 unspecified atom stereocenters. The van der Waals surface area contributed by atoms with Gasteiger partial charge >= 0.3 is 0 Å². The summed E-state index contributed by atoms with van der Waals surface area (Å²) in [4.78, 5) is 8.88. The average molecular weight is 277 g/mol. The smallest absolute Gasteiger partial charge is 0.157 e. The predicted molar refractivity (Wildman–Crippen MR) is 83.6 cm³/mol. The Bertz CT molecular complexity index is 445. The van der Waals surface area contributed by atoms with Gasteiger partial charge in [0, 0.05) is 23.7 Å². The van der Waals surface area contributed by atoms with Gasteiger partial charge in [-0.15, -0.1) is 0 Å². The van der Waals surface area contributed by atoms with E-state index in [1.807, 2.05) is 30.9 Å². The highest BCUT2D eigenvalue weighted by molar-refractivity contribution is 8.14. The second kappa shape index (κ2) is 5.95. The number of nitrogens with one attached hydrogen (secondary N) is 1. The van der Waals surface area contributed by atoms with Crippen LogP contribution in [0, 0.1) is 12.3 Å². The molecule has 2 heterocycles. The summed E-state index contributed by atoms with van der Waals surface area (Å²) in [6, 6.07) is 4.16. The molecule has 0 aliphatic carbocycles. The Labute approximate surface area is 120 Å². The number of hydrogen-bond acceptors (Lipinski definition) is 4. The quantitative estimate of drug-likeness (QED) is 0.920. The predicted octanol–water partition coefficient (Wildman–Crippen LogP) is 3.39. The van der Waals surface area contributed by atoms with Crippen molar-refractivity contribution in [3.8, 4) is 0 Å². The van der Waals surface area contributed by atoms with Crippen LogP contribution in [0.15, 0.2) is 23.3 Å². The molecule has 3 nitrogen and oxygen atoms in total. The van der Waals surface area contributed by atoms with Crippen LogP contribution in [0.25, 0.3) is 0 Å². The molecule has 0 fully saturated rings. The Morgan fingerprint density at radius 3 is 2.79 bits per heavy atom. The first kappa shape index (κ1) is 14.4. The Balaban J connectivity index is 1.78. The van der Waals surface area contributed by atoms with Crippen LogP contribution in [-0.4, -0.2) is 21.9 Å². The molecule has 104 valence electrons. The highest BCUT2D eigenvalue weighted by Gasteiger charge is 2.24. The Kier molecular flexibility index (Phi) is 4.50. The van der Waals surface area contributed by atoms with Gasteiger partial charge in [0.05, 0.1) is 6.54 Å². The van der Waals surface area contributed by atoms with Gasteiger partial charge in [0.2, 0.25) is 0 Å². The van der Waals surface area contributed by atoms with Crippen molar-refractivity contribution in [1.29, 1.82) is 0 Å². The number of amidine groups is 1. The summed E-state index contributed by atoms with van der Waals surface area (Å²) in [7, 11) is 0. The molecule has 0 spiro atoms. The number of rotatable bonds is 3. The van der Waals surface area contributed by atoms with E-state index in [4.69, 9.17) is 0 Å². The molecule has 1 aromatic heterocycles. The van der Waals surface area contributed by atoms with Crippen molar-refractivity contribution in [3.63, 3.8) is 0 Å². The van der Waals surface area contributed by atoms with Crippen molar-refractivity contribution in [2.45, 2.75) is 45.9 Å². The normalized spacial score (nSPS) is 19.4. The molecule has 1 aliphatic rings. The molecule has 1 N–H and O–H groups in total. The summed E-state index contributed by atoms with van der Waals surface area (Å²) in [6.07, 6.45) is 3.13. The van der Waals surface area contributed by atoms with Gasteiger partial charge in [-0.3, -0.25) is 9.98 Å². The van der Waals surface area contributed by atoms with Gasteiger partial charge in [-0.05, 0) is 30.4 Å². The first-order valence-electron chi connectivity index (χ1n) is 6.79. The topological polar surface area (TPSA) is 37.3 Å². The van der Waals surface area contributed by atoms with Gasteiger partial charge in [0.15, 0.2) is 5.17 Å². The number of pyridine rings is 1. The van der Waals surface area contributed by atoms with Crippen LogP contribution in [0.4, 0.5) is 0 Å². The first-order valence-corrected chi connectivity index (χ1v) is 7.67. The van der Waals surface area contributed by atoms with Crippen LogP contribution in [0.3, 0.4) is 0 Å². The Hall–Kier alpha value is -1.03. The van der Waals surface area contributed by atoms with Crippen molar-refractivity contribution in [2.75, 3.05) is 6.54 Å². The lowest BCUT2D eigenvalue weighted by Gasteiger charge is -2.21. The minimum atomic E-state index is 0.378. The lowest BCUT2D eigenvalue weighted by Crippen LogP contribution is -2.20. The molecule has 0 radical (unpaired) electrons. The van der Waals surface area contributed by atoms with Gasteiger partial charge in [0.1, 0.15) is 0 Å². The second-order valence-electron chi connectivity index (χ2n) is 6.31. The molecule has 0 saturated heterocycles. The summed E-state index contributed by atoms with van der Waals surface area (Å²) in [5, 5.41) is 5.11. The maximum absolute atomic E-state index is 4.58. The molecule has 1 atom stereocenters. The summed E-state index contributed by atoms with van der Waals surface area (Å²) in [5.41, 5.74) is 2.64. The lowest BCUT2D eigenvalue weighted by molar-refractivity contribution is 0.375. The molecule has 19 heavy (non-hydrogen) atoms. The van der Waals surface area contributed by atoms with E-state index in [9.17, 15) is 0 Å². The molecule has 0 aromatic carbocycles. The van der Waals surface area contributed by atoms with Crippen molar-refractivity contribution in [1.82, 2.24) is 10.3 Å². The standard InChI is InChI=1S/C15H23N3S/c1-11-5-6-12(8-16-11)9-17-14-18-10-13(19-14)7-15(2,3)4/h5-6,8,13H,7,9-10H2,1-4H3,(H,17,18). The largest absolute Gasteiger partial charge is 0.361 e. The molecule has 0 amide bonds. The van der Waals surface area contributed by atoms with Gasteiger partial charge in [-0.25, -0.2) is 0 Å². The summed E-state index contributed by atoms with van der Waals surface area (Å²) in [5.74, 6) is 0. The van der Waals surface area contributed by atoms with E-state index >= 15 is 0 Å². The van der Waals surface area contributed by atoms with E-state index in [2.05, 4.69) is 42.1 Å². The van der Waals surface area contributed by atoms with Crippen molar-refractivity contribution in [3.05, 3.63) is 29.6 Å². The lowest BCUT2D eigenvalue weighted by atomic mass is 9.90.